The summed E-state index contributed by atoms with van der Waals surface area (Å²) in [6.45, 7) is 15.1. The van der Waals surface area contributed by atoms with Crippen molar-refractivity contribution in [1.82, 2.24) is 4.90 Å². The van der Waals surface area contributed by atoms with E-state index in [1.165, 1.54) is 38.8 Å². The van der Waals surface area contributed by atoms with E-state index in [1.807, 2.05) is 0 Å². The Morgan fingerprint density at radius 1 is 1.22 bits per heavy atom. The van der Waals surface area contributed by atoms with Gasteiger partial charge >= 0.3 is 0 Å². The monoisotopic (exact) mass is 254 g/mol. The molecule has 2 heteroatoms. The summed E-state index contributed by atoms with van der Waals surface area (Å²) in [6.07, 6.45) is 5.27. The van der Waals surface area contributed by atoms with Crippen LogP contribution in [0.2, 0.25) is 0 Å². The summed E-state index contributed by atoms with van der Waals surface area (Å²) in [5, 5.41) is 0. The molecule has 108 valence electrons. The summed E-state index contributed by atoms with van der Waals surface area (Å²) in [7, 11) is 0. The van der Waals surface area contributed by atoms with Crippen LogP contribution in [0, 0.1) is 17.3 Å². The molecule has 0 aromatic heterocycles. The minimum Gasteiger partial charge on any atom is -0.329 e. The van der Waals surface area contributed by atoms with Crippen molar-refractivity contribution in [3.63, 3.8) is 0 Å². The van der Waals surface area contributed by atoms with Crippen LogP contribution in [0.25, 0.3) is 0 Å². The van der Waals surface area contributed by atoms with Gasteiger partial charge in [-0.05, 0) is 49.6 Å². The van der Waals surface area contributed by atoms with Crippen LogP contribution in [0.5, 0.6) is 0 Å². The molecule has 18 heavy (non-hydrogen) atoms. The lowest BCUT2D eigenvalue weighted by molar-refractivity contribution is 0.0642. The van der Waals surface area contributed by atoms with Crippen molar-refractivity contribution in [2.45, 2.75) is 66.3 Å². The van der Waals surface area contributed by atoms with Crippen molar-refractivity contribution in [1.29, 1.82) is 0 Å². The van der Waals surface area contributed by atoms with E-state index >= 15 is 0 Å². The van der Waals surface area contributed by atoms with Gasteiger partial charge in [0, 0.05) is 12.6 Å². The summed E-state index contributed by atoms with van der Waals surface area (Å²) in [4.78, 5) is 2.66. The summed E-state index contributed by atoms with van der Waals surface area (Å²) in [5.74, 6) is 1.62. The van der Waals surface area contributed by atoms with Crippen LogP contribution in [0.15, 0.2) is 0 Å². The maximum Gasteiger partial charge on any atom is 0.0243 e. The number of nitrogens with zero attached hydrogens (tertiary/aromatic N) is 1. The molecule has 2 nitrogen and oxygen atoms in total. The van der Waals surface area contributed by atoms with Crippen molar-refractivity contribution in [3.05, 3.63) is 0 Å². The minimum absolute atomic E-state index is 0.472. The van der Waals surface area contributed by atoms with E-state index in [0.717, 1.165) is 18.4 Å². The summed E-state index contributed by atoms with van der Waals surface area (Å²) < 4.78 is 0. The lowest BCUT2D eigenvalue weighted by atomic mass is 9.75. The van der Waals surface area contributed by atoms with Crippen LogP contribution in [-0.4, -0.2) is 30.6 Å². The second-order valence-electron chi connectivity index (χ2n) is 7.25. The average Bonchev–Trinajstić information content (AvgIpc) is 2.30. The van der Waals surface area contributed by atoms with Crippen LogP contribution >= 0.6 is 0 Å². The topological polar surface area (TPSA) is 29.3 Å². The Morgan fingerprint density at radius 2 is 1.78 bits per heavy atom. The van der Waals surface area contributed by atoms with Gasteiger partial charge in [-0.15, -0.1) is 0 Å². The minimum atomic E-state index is 0.472. The molecule has 1 saturated heterocycles. The zero-order valence-electron chi connectivity index (χ0n) is 13.2. The number of rotatable bonds is 5. The number of likely N-dealkylation sites (tertiary alicyclic amines) is 1. The van der Waals surface area contributed by atoms with Gasteiger partial charge in [0.2, 0.25) is 0 Å². The molecular weight excluding hydrogens is 220 g/mol. The van der Waals surface area contributed by atoms with Crippen LogP contribution in [-0.2, 0) is 0 Å². The maximum atomic E-state index is 6.01. The fraction of sp³-hybridized carbons (Fsp3) is 1.00. The Bertz CT molecular complexity index is 224. The van der Waals surface area contributed by atoms with Gasteiger partial charge in [0.15, 0.2) is 0 Å². The van der Waals surface area contributed by atoms with E-state index in [-0.39, 0.29) is 0 Å². The first-order valence-corrected chi connectivity index (χ1v) is 7.84. The highest BCUT2D eigenvalue weighted by molar-refractivity contribution is 4.85. The van der Waals surface area contributed by atoms with Crippen molar-refractivity contribution in [2.75, 3.05) is 19.6 Å². The first-order valence-electron chi connectivity index (χ1n) is 7.84. The number of nitrogens with two attached hydrogens (primary N) is 1. The van der Waals surface area contributed by atoms with Crippen molar-refractivity contribution < 1.29 is 0 Å². The number of piperidine rings is 1. The highest BCUT2D eigenvalue weighted by atomic mass is 15.2. The number of hydrogen-bond acceptors (Lipinski definition) is 2. The molecule has 0 aliphatic carbocycles. The molecule has 0 radical (unpaired) electrons. The standard InChI is InChI=1S/C16H34N2/c1-6-7-13(2)15(12-17)18-10-8-14(9-11-18)16(3,4)5/h13-15H,6-12,17H2,1-5H3. The molecule has 2 atom stereocenters. The normalized spacial score (nSPS) is 23.0. The molecule has 1 aliphatic heterocycles. The van der Waals surface area contributed by atoms with E-state index in [4.69, 9.17) is 5.73 Å². The molecule has 1 heterocycles. The summed E-state index contributed by atoms with van der Waals surface area (Å²) in [5.41, 5.74) is 6.49. The SMILES string of the molecule is CCCC(C)C(CN)N1CCC(C(C)(C)C)CC1. The predicted octanol–water partition coefficient (Wildman–Crippen LogP) is 3.51. The third-order valence-electron chi connectivity index (χ3n) is 4.87. The van der Waals surface area contributed by atoms with E-state index < -0.39 is 0 Å². The van der Waals surface area contributed by atoms with Gasteiger partial charge in [0.25, 0.3) is 0 Å². The highest BCUT2D eigenvalue weighted by Gasteiger charge is 2.32. The zero-order chi connectivity index (χ0) is 13.8. The molecule has 1 fully saturated rings. The maximum absolute atomic E-state index is 6.01. The van der Waals surface area contributed by atoms with Crippen molar-refractivity contribution in [2.24, 2.45) is 23.0 Å². The molecule has 0 aromatic rings. The van der Waals surface area contributed by atoms with Gasteiger partial charge in [-0.3, -0.25) is 4.90 Å². The molecule has 0 amide bonds. The molecule has 0 aromatic carbocycles. The van der Waals surface area contributed by atoms with Crippen LogP contribution in [0.1, 0.15) is 60.3 Å². The molecule has 2 N–H and O–H groups in total. The predicted molar refractivity (Wildman–Crippen MR) is 80.7 cm³/mol. The Balaban J connectivity index is 2.50. The lowest BCUT2D eigenvalue weighted by Crippen LogP contribution is -2.49. The van der Waals surface area contributed by atoms with Crippen molar-refractivity contribution in [3.8, 4) is 0 Å². The third kappa shape index (κ3) is 4.24. The molecule has 0 bridgehead atoms. The van der Waals surface area contributed by atoms with Crippen LogP contribution in [0.4, 0.5) is 0 Å². The number of hydrogen-bond donors (Lipinski definition) is 1. The summed E-state index contributed by atoms with van der Waals surface area (Å²) >= 11 is 0. The van der Waals surface area contributed by atoms with E-state index in [9.17, 15) is 0 Å². The summed E-state index contributed by atoms with van der Waals surface area (Å²) in [6, 6.07) is 0.603. The Labute approximate surface area is 114 Å². The first-order chi connectivity index (χ1) is 8.40. The van der Waals surface area contributed by atoms with Gasteiger partial charge in [-0.1, -0.05) is 41.0 Å². The molecule has 1 aliphatic rings. The molecule has 1 rings (SSSR count). The van der Waals surface area contributed by atoms with E-state index in [0.29, 0.717) is 11.5 Å². The van der Waals surface area contributed by atoms with E-state index in [1.54, 1.807) is 0 Å². The highest BCUT2D eigenvalue weighted by Crippen LogP contribution is 2.35. The van der Waals surface area contributed by atoms with Crippen molar-refractivity contribution >= 4 is 0 Å². The lowest BCUT2D eigenvalue weighted by Gasteiger charge is -2.43. The first kappa shape index (κ1) is 16.0. The molecule has 2 unspecified atom stereocenters. The van der Waals surface area contributed by atoms with Gasteiger partial charge in [-0.2, -0.15) is 0 Å². The van der Waals surface area contributed by atoms with Gasteiger partial charge in [0.05, 0.1) is 0 Å². The quantitative estimate of drug-likeness (QED) is 0.813. The fourth-order valence-electron chi connectivity index (χ4n) is 3.49. The molecular formula is C16H34N2. The molecule has 0 saturated carbocycles. The van der Waals surface area contributed by atoms with Gasteiger partial charge < -0.3 is 5.73 Å². The fourth-order valence-corrected chi connectivity index (χ4v) is 3.49. The van der Waals surface area contributed by atoms with Crippen LogP contribution in [0.3, 0.4) is 0 Å². The van der Waals surface area contributed by atoms with E-state index in [2.05, 4.69) is 39.5 Å². The average molecular weight is 254 g/mol. The Morgan fingerprint density at radius 3 is 2.17 bits per heavy atom. The molecule has 0 spiro atoms. The second-order valence-corrected chi connectivity index (χ2v) is 7.25. The van der Waals surface area contributed by atoms with Crippen LogP contribution < -0.4 is 5.73 Å². The Hall–Kier alpha value is -0.0800. The van der Waals surface area contributed by atoms with Gasteiger partial charge in [-0.25, -0.2) is 0 Å². The zero-order valence-corrected chi connectivity index (χ0v) is 13.2. The third-order valence-corrected chi connectivity index (χ3v) is 4.87. The largest absolute Gasteiger partial charge is 0.329 e. The van der Waals surface area contributed by atoms with Gasteiger partial charge in [0.1, 0.15) is 0 Å². The Kier molecular flexibility index (Phi) is 6.13. The second kappa shape index (κ2) is 6.91. The smallest absolute Gasteiger partial charge is 0.0243 e.